The van der Waals surface area contributed by atoms with Crippen molar-refractivity contribution in [3.05, 3.63) is 0 Å². The van der Waals surface area contributed by atoms with Gasteiger partial charge in [0.25, 0.3) is 0 Å². The molecule has 0 aliphatic carbocycles. The van der Waals surface area contributed by atoms with Crippen LogP contribution in [0.15, 0.2) is 0 Å². The predicted octanol–water partition coefficient (Wildman–Crippen LogP) is 5.28. The maximum Gasteiger partial charge on any atom is 1.00 e. The second kappa shape index (κ2) is 6.13. The first kappa shape index (κ1) is 19.2. The molecule has 0 bridgehead atoms. The van der Waals surface area contributed by atoms with Crippen LogP contribution in [-0.4, -0.2) is 19.9 Å². The standard InChI is InChI=1S/C12H26IP.Pd/c1-10(2,3)14(11(4,5)6)12(7,8)9-13;/h9H2,1-8H3;/q;+1. The van der Waals surface area contributed by atoms with Crippen molar-refractivity contribution in [1.29, 1.82) is 0 Å². The zero-order chi connectivity index (χ0) is 11.8. The van der Waals surface area contributed by atoms with Crippen LogP contribution in [-0.2, 0) is 20.4 Å². The number of hydrogen-bond donors (Lipinski definition) is 0. The number of alkyl halides is 1. The molecule has 0 unspecified atom stereocenters. The molecule has 0 spiro atoms. The van der Waals surface area contributed by atoms with E-state index in [-0.39, 0.29) is 28.3 Å². The van der Waals surface area contributed by atoms with Crippen LogP contribution in [0.3, 0.4) is 0 Å². The molecular formula is C12H26IPPd+. The SMILES string of the molecule is CC(C)(C)P(C(C)(C)C)C(C)(C)CI.[Pd+]. The molecule has 0 atom stereocenters. The van der Waals surface area contributed by atoms with Gasteiger partial charge in [-0.3, -0.25) is 0 Å². The van der Waals surface area contributed by atoms with Crippen LogP contribution in [0.1, 0.15) is 55.4 Å². The zero-order valence-electron chi connectivity index (χ0n) is 11.3. The summed E-state index contributed by atoms with van der Waals surface area (Å²) < 4.78 is 1.25. The molecule has 0 saturated carbocycles. The van der Waals surface area contributed by atoms with Gasteiger partial charge in [0.1, 0.15) is 0 Å². The van der Waals surface area contributed by atoms with Crippen LogP contribution in [0, 0.1) is 0 Å². The van der Waals surface area contributed by atoms with Gasteiger partial charge >= 0.3 is 20.4 Å². The Labute approximate surface area is 125 Å². The molecular weight excluding hydrogens is 408 g/mol. The van der Waals surface area contributed by atoms with Gasteiger partial charge in [-0.05, 0) is 15.5 Å². The van der Waals surface area contributed by atoms with E-state index in [1.807, 2.05) is 0 Å². The van der Waals surface area contributed by atoms with Crippen LogP contribution in [0.25, 0.3) is 0 Å². The summed E-state index contributed by atoms with van der Waals surface area (Å²) in [4.78, 5) is 0. The van der Waals surface area contributed by atoms with Gasteiger partial charge in [-0.25, -0.2) is 0 Å². The summed E-state index contributed by atoms with van der Waals surface area (Å²) in [6, 6.07) is 0. The predicted molar refractivity (Wildman–Crippen MR) is 79.4 cm³/mol. The van der Waals surface area contributed by atoms with E-state index < -0.39 is 0 Å². The van der Waals surface area contributed by atoms with Gasteiger partial charge in [0.15, 0.2) is 0 Å². The van der Waals surface area contributed by atoms with Crippen LogP contribution < -0.4 is 0 Å². The molecule has 0 N–H and O–H groups in total. The molecule has 0 aromatic rings. The Morgan fingerprint density at radius 3 is 1.13 bits per heavy atom. The van der Waals surface area contributed by atoms with Gasteiger partial charge < -0.3 is 0 Å². The van der Waals surface area contributed by atoms with Crippen molar-refractivity contribution in [2.24, 2.45) is 0 Å². The molecule has 3 heteroatoms. The molecule has 0 aliphatic heterocycles. The molecule has 0 aromatic carbocycles. The third kappa shape index (κ3) is 5.80. The Bertz CT molecular complexity index is 175. The first-order valence-corrected chi connectivity index (χ1v) is 8.16. The second-order valence-corrected chi connectivity index (χ2v) is 12.0. The van der Waals surface area contributed by atoms with Crippen LogP contribution in [0.4, 0.5) is 0 Å². The van der Waals surface area contributed by atoms with Crippen molar-refractivity contribution >= 4 is 30.5 Å². The summed E-state index contributed by atoms with van der Waals surface area (Å²) >= 11 is 2.54. The molecule has 0 amide bonds. The fourth-order valence-corrected chi connectivity index (χ4v) is 9.67. The van der Waals surface area contributed by atoms with E-state index >= 15 is 0 Å². The fourth-order valence-electron chi connectivity index (χ4n) is 2.88. The molecule has 0 aromatic heterocycles. The van der Waals surface area contributed by atoms with E-state index in [0.29, 0.717) is 15.5 Å². The maximum atomic E-state index is 2.54. The van der Waals surface area contributed by atoms with Gasteiger partial charge in [0.2, 0.25) is 0 Å². The average Bonchev–Trinajstić information content (AvgIpc) is 1.79. The van der Waals surface area contributed by atoms with E-state index in [0.717, 1.165) is 0 Å². The topological polar surface area (TPSA) is 0 Å². The number of rotatable bonds is 2. The van der Waals surface area contributed by atoms with Crippen molar-refractivity contribution < 1.29 is 20.4 Å². The monoisotopic (exact) mass is 434 g/mol. The van der Waals surface area contributed by atoms with Crippen molar-refractivity contribution in [3.8, 4) is 0 Å². The van der Waals surface area contributed by atoms with Crippen molar-refractivity contribution in [1.82, 2.24) is 0 Å². The maximum absolute atomic E-state index is 2.54. The minimum atomic E-state index is 0. The Kier molecular flexibility index (Phi) is 7.83. The third-order valence-corrected chi connectivity index (χ3v) is 8.84. The molecule has 95 valence electrons. The van der Waals surface area contributed by atoms with Gasteiger partial charge in [-0.1, -0.05) is 85.9 Å². The molecule has 1 radical (unpaired) electrons. The van der Waals surface area contributed by atoms with Crippen molar-refractivity contribution in [3.63, 3.8) is 0 Å². The van der Waals surface area contributed by atoms with E-state index in [9.17, 15) is 0 Å². The van der Waals surface area contributed by atoms with Crippen molar-refractivity contribution in [2.45, 2.75) is 70.9 Å². The van der Waals surface area contributed by atoms with Gasteiger partial charge in [0.05, 0.1) is 0 Å². The summed E-state index contributed by atoms with van der Waals surface area (Å²) in [5.74, 6) is 0. The quantitative estimate of drug-likeness (QED) is 0.240. The Morgan fingerprint density at radius 1 is 0.800 bits per heavy atom. The van der Waals surface area contributed by atoms with Crippen LogP contribution in [0.2, 0.25) is 0 Å². The summed E-state index contributed by atoms with van der Waals surface area (Å²) in [5.41, 5.74) is 0. The summed E-state index contributed by atoms with van der Waals surface area (Å²) in [7, 11) is 0.00639. The van der Waals surface area contributed by atoms with E-state index in [1.54, 1.807) is 0 Å². The minimum Gasteiger partial charge on any atom is -0.0890 e. The Hall–Kier alpha value is 1.82. The smallest absolute Gasteiger partial charge is 0.0890 e. The Morgan fingerprint density at radius 2 is 1.07 bits per heavy atom. The summed E-state index contributed by atoms with van der Waals surface area (Å²) in [6.07, 6.45) is 0. The fraction of sp³-hybridized carbons (Fsp3) is 1.00. The molecule has 0 saturated heterocycles. The second-order valence-electron chi connectivity index (χ2n) is 6.62. The molecule has 0 fully saturated rings. The first-order chi connectivity index (χ1) is 5.93. The van der Waals surface area contributed by atoms with Crippen LogP contribution >= 0.6 is 30.5 Å². The molecule has 0 rings (SSSR count). The molecule has 0 nitrogen and oxygen atoms in total. The molecule has 0 heterocycles. The Balaban J connectivity index is 0. The minimum absolute atomic E-state index is 0. The van der Waals surface area contributed by atoms with Crippen molar-refractivity contribution in [2.75, 3.05) is 4.43 Å². The summed E-state index contributed by atoms with van der Waals surface area (Å²) in [5, 5.41) is 1.37. The van der Waals surface area contributed by atoms with Gasteiger partial charge in [-0.15, -0.1) is 0 Å². The average molecular weight is 435 g/mol. The van der Waals surface area contributed by atoms with E-state index in [1.165, 1.54) is 4.43 Å². The zero-order valence-corrected chi connectivity index (χ0v) is 16.0. The van der Waals surface area contributed by atoms with E-state index in [2.05, 4.69) is 78.0 Å². The summed E-state index contributed by atoms with van der Waals surface area (Å²) in [6.45, 7) is 19.3. The van der Waals surface area contributed by atoms with Crippen LogP contribution in [0.5, 0.6) is 0 Å². The first-order valence-electron chi connectivity index (χ1n) is 5.29. The molecule has 0 aliphatic rings. The van der Waals surface area contributed by atoms with E-state index in [4.69, 9.17) is 0 Å². The normalized spacial score (nSPS) is 14.0. The number of hydrogen-bond acceptors (Lipinski definition) is 0. The molecule has 15 heavy (non-hydrogen) atoms. The van der Waals surface area contributed by atoms with Gasteiger partial charge in [0, 0.05) is 4.43 Å². The number of halogens is 1. The van der Waals surface area contributed by atoms with Gasteiger partial charge in [-0.2, -0.15) is 0 Å². The third-order valence-electron chi connectivity index (χ3n) is 2.27. The largest absolute Gasteiger partial charge is 1.00 e.